The highest BCUT2D eigenvalue weighted by atomic mass is 32.2. The third kappa shape index (κ3) is 4.68. The van der Waals surface area contributed by atoms with Crippen LogP contribution in [0.3, 0.4) is 0 Å². The molecule has 3 rings (SSSR count). The molecule has 0 atom stereocenters. The highest BCUT2D eigenvalue weighted by Gasteiger charge is 2.13. The molecule has 0 radical (unpaired) electrons. The SMILES string of the molecule is CCN(CC)c1cc(-c2ccccc2)nc(SCc2ccc(C(=O)O)o2)n1. The molecular formula is C20H21N3O3S. The summed E-state index contributed by atoms with van der Waals surface area (Å²) in [5, 5.41) is 9.60. The predicted octanol–water partition coefficient (Wildman–Crippen LogP) is 4.57. The van der Waals surface area contributed by atoms with Gasteiger partial charge >= 0.3 is 5.97 Å². The van der Waals surface area contributed by atoms with Crippen molar-refractivity contribution in [2.75, 3.05) is 18.0 Å². The van der Waals surface area contributed by atoms with Crippen molar-refractivity contribution < 1.29 is 14.3 Å². The molecule has 140 valence electrons. The number of anilines is 1. The number of thioether (sulfide) groups is 1. The predicted molar refractivity (Wildman–Crippen MR) is 106 cm³/mol. The van der Waals surface area contributed by atoms with Gasteiger partial charge in [-0.2, -0.15) is 0 Å². The van der Waals surface area contributed by atoms with Gasteiger partial charge in [0, 0.05) is 24.7 Å². The summed E-state index contributed by atoms with van der Waals surface area (Å²) >= 11 is 1.42. The lowest BCUT2D eigenvalue weighted by Crippen LogP contribution is -2.23. The lowest BCUT2D eigenvalue weighted by atomic mass is 10.1. The second-order valence-corrected chi connectivity index (χ2v) is 6.73. The molecule has 0 bridgehead atoms. The fourth-order valence-corrected chi connectivity index (χ4v) is 3.40. The maximum atomic E-state index is 10.9. The number of carboxylic acid groups (broad SMARTS) is 1. The van der Waals surface area contributed by atoms with Crippen LogP contribution in [0.25, 0.3) is 11.3 Å². The molecule has 0 aliphatic heterocycles. The van der Waals surface area contributed by atoms with Crippen LogP contribution in [-0.4, -0.2) is 34.1 Å². The summed E-state index contributed by atoms with van der Waals surface area (Å²) < 4.78 is 5.32. The number of furan rings is 1. The summed E-state index contributed by atoms with van der Waals surface area (Å²) in [6.07, 6.45) is 0. The van der Waals surface area contributed by atoms with Crippen LogP contribution in [0.1, 0.15) is 30.2 Å². The van der Waals surface area contributed by atoms with Crippen LogP contribution in [0.5, 0.6) is 0 Å². The minimum absolute atomic E-state index is 0.0617. The van der Waals surface area contributed by atoms with Crippen LogP contribution in [0.2, 0.25) is 0 Å². The van der Waals surface area contributed by atoms with Gasteiger partial charge in [-0.1, -0.05) is 42.1 Å². The van der Waals surface area contributed by atoms with Crippen molar-refractivity contribution in [3.8, 4) is 11.3 Å². The Hall–Kier alpha value is -2.80. The molecule has 27 heavy (non-hydrogen) atoms. The molecule has 1 N–H and O–H groups in total. The summed E-state index contributed by atoms with van der Waals surface area (Å²) in [6.45, 7) is 5.89. The van der Waals surface area contributed by atoms with Crippen molar-refractivity contribution in [2.45, 2.75) is 24.8 Å². The van der Waals surface area contributed by atoms with Gasteiger partial charge in [-0.25, -0.2) is 14.8 Å². The normalized spacial score (nSPS) is 10.7. The molecule has 0 unspecified atom stereocenters. The highest BCUT2D eigenvalue weighted by Crippen LogP contribution is 2.27. The first kappa shape index (κ1) is 19.0. The molecule has 3 aromatic rings. The summed E-state index contributed by atoms with van der Waals surface area (Å²) in [7, 11) is 0. The molecule has 7 heteroatoms. The fourth-order valence-electron chi connectivity index (χ4n) is 2.65. The van der Waals surface area contributed by atoms with Crippen molar-refractivity contribution in [3.05, 3.63) is 60.1 Å². The van der Waals surface area contributed by atoms with E-state index in [2.05, 4.69) is 28.7 Å². The van der Waals surface area contributed by atoms with Crippen molar-refractivity contribution in [2.24, 2.45) is 0 Å². The number of rotatable bonds is 8. The number of carboxylic acids is 1. The largest absolute Gasteiger partial charge is 0.475 e. The maximum absolute atomic E-state index is 10.9. The van der Waals surface area contributed by atoms with Crippen LogP contribution in [0.4, 0.5) is 5.82 Å². The quantitative estimate of drug-likeness (QED) is 0.451. The first-order chi connectivity index (χ1) is 13.1. The Morgan fingerprint density at radius 1 is 1.11 bits per heavy atom. The van der Waals surface area contributed by atoms with E-state index in [1.54, 1.807) is 6.07 Å². The van der Waals surface area contributed by atoms with Crippen molar-refractivity contribution in [1.29, 1.82) is 0 Å². The van der Waals surface area contributed by atoms with Gasteiger partial charge in [0.1, 0.15) is 11.6 Å². The Kier molecular flexibility index (Phi) is 6.13. The van der Waals surface area contributed by atoms with E-state index in [1.807, 2.05) is 36.4 Å². The van der Waals surface area contributed by atoms with Gasteiger partial charge in [0.25, 0.3) is 0 Å². The van der Waals surface area contributed by atoms with Crippen LogP contribution in [0.15, 0.2) is 58.1 Å². The summed E-state index contributed by atoms with van der Waals surface area (Å²) in [5.41, 5.74) is 1.89. The van der Waals surface area contributed by atoms with Gasteiger partial charge in [-0.3, -0.25) is 0 Å². The third-order valence-corrected chi connectivity index (χ3v) is 4.93. The summed E-state index contributed by atoms with van der Waals surface area (Å²) in [5.74, 6) is 0.784. The second-order valence-electron chi connectivity index (χ2n) is 5.79. The highest BCUT2D eigenvalue weighted by molar-refractivity contribution is 7.98. The molecule has 0 saturated carbocycles. The van der Waals surface area contributed by atoms with Gasteiger partial charge in [0.15, 0.2) is 5.16 Å². The lowest BCUT2D eigenvalue weighted by Gasteiger charge is -2.20. The lowest BCUT2D eigenvalue weighted by molar-refractivity contribution is 0.0661. The van der Waals surface area contributed by atoms with E-state index in [-0.39, 0.29) is 5.76 Å². The molecule has 2 heterocycles. The van der Waals surface area contributed by atoms with Gasteiger partial charge in [0.05, 0.1) is 11.4 Å². The van der Waals surface area contributed by atoms with Crippen molar-refractivity contribution in [1.82, 2.24) is 9.97 Å². The zero-order valence-electron chi connectivity index (χ0n) is 15.3. The Bertz CT molecular complexity index is 908. The molecule has 6 nitrogen and oxygen atoms in total. The van der Waals surface area contributed by atoms with E-state index in [1.165, 1.54) is 17.8 Å². The standard InChI is InChI=1S/C20H21N3O3S/c1-3-23(4-2)18-12-16(14-8-6-5-7-9-14)21-20(22-18)27-13-15-10-11-17(26-15)19(24)25/h5-12H,3-4,13H2,1-2H3,(H,24,25). The van der Waals surface area contributed by atoms with Gasteiger partial charge in [0.2, 0.25) is 5.76 Å². The Morgan fingerprint density at radius 2 is 1.85 bits per heavy atom. The van der Waals surface area contributed by atoms with Crippen LogP contribution < -0.4 is 4.90 Å². The van der Waals surface area contributed by atoms with Crippen molar-refractivity contribution in [3.63, 3.8) is 0 Å². The maximum Gasteiger partial charge on any atom is 0.371 e. The summed E-state index contributed by atoms with van der Waals surface area (Å²) in [6, 6.07) is 15.1. The molecule has 0 saturated heterocycles. The van der Waals surface area contributed by atoms with E-state index in [9.17, 15) is 4.79 Å². The van der Waals surface area contributed by atoms with Crippen LogP contribution in [-0.2, 0) is 5.75 Å². The first-order valence-corrected chi connectivity index (χ1v) is 9.73. The number of nitrogens with zero attached hydrogens (tertiary/aromatic N) is 3. The number of benzene rings is 1. The number of aromatic nitrogens is 2. The van der Waals surface area contributed by atoms with Gasteiger partial charge < -0.3 is 14.4 Å². The van der Waals surface area contributed by atoms with E-state index < -0.39 is 5.97 Å². The van der Waals surface area contributed by atoms with Crippen LogP contribution in [0, 0.1) is 0 Å². The van der Waals surface area contributed by atoms with E-state index in [0.717, 1.165) is 30.2 Å². The molecular weight excluding hydrogens is 362 g/mol. The van der Waals surface area contributed by atoms with E-state index >= 15 is 0 Å². The third-order valence-electron chi connectivity index (χ3n) is 4.07. The smallest absolute Gasteiger partial charge is 0.371 e. The first-order valence-electron chi connectivity index (χ1n) is 8.75. The molecule has 0 fully saturated rings. The summed E-state index contributed by atoms with van der Waals surface area (Å²) in [4.78, 5) is 22.5. The number of aromatic carboxylic acids is 1. The Balaban J connectivity index is 1.88. The van der Waals surface area contributed by atoms with Crippen molar-refractivity contribution >= 4 is 23.5 Å². The minimum Gasteiger partial charge on any atom is -0.475 e. The Labute approximate surface area is 162 Å². The molecule has 0 aliphatic rings. The molecule has 0 amide bonds. The molecule has 2 aromatic heterocycles. The molecule has 1 aromatic carbocycles. The number of carbonyl (C=O) groups is 1. The second kappa shape index (κ2) is 8.73. The van der Waals surface area contributed by atoms with Crippen LogP contribution >= 0.6 is 11.8 Å². The topological polar surface area (TPSA) is 79.5 Å². The average Bonchev–Trinajstić information content (AvgIpc) is 3.17. The van der Waals surface area contributed by atoms with E-state index in [4.69, 9.17) is 9.52 Å². The monoisotopic (exact) mass is 383 g/mol. The average molecular weight is 383 g/mol. The van der Waals surface area contributed by atoms with Gasteiger partial charge in [-0.15, -0.1) is 0 Å². The van der Waals surface area contributed by atoms with E-state index in [0.29, 0.717) is 16.7 Å². The minimum atomic E-state index is -1.07. The number of hydrogen-bond donors (Lipinski definition) is 1. The molecule has 0 spiro atoms. The zero-order chi connectivity index (χ0) is 19.2. The zero-order valence-corrected chi connectivity index (χ0v) is 16.1. The van der Waals surface area contributed by atoms with Gasteiger partial charge in [-0.05, 0) is 26.0 Å². The fraction of sp³-hybridized carbons (Fsp3) is 0.250. The Morgan fingerprint density at radius 3 is 2.48 bits per heavy atom. The number of hydrogen-bond acceptors (Lipinski definition) is 6. The molecule has 0 aliphatic carbocycles.